The Morgan fingerprint density at radius 3 is 2.51 bits per heavy atom. The van der Waals surface area contributed by atoms with Gasteiger partial charge in [0.15, 0.2) is 0 Å². The van der Waals surface area contributed by atoms with E-state index in [2.05, 4.69) is 20.4 Å². The number of aromatic nitrogens is 4. The minimum absolute atomic E-state index is 0.0440. The van der Waals surface area contributed by atoms with Crippen LogP contribution in [0.3, 0.4) is 0 Å². The van der Waals surface area contributed by atoms with Crippen LogP contribution in [0.4, 0.5) is 30.5 Å². The molecule has 220 valence electrons. The zero-order chi connectivity index (χ0) is 30.5. The van der Waals surface area contributed by atoms with Gasteiger partial charge >= 0.3 is 6.18 Å². The number of rotatable bonds is 5. The van der Waals surface area contributed by atoms with Gasteiger partial charge < -0.3 is 21.1 Å². The number of anilines is 3. The van der Waals surface area contributed by atoms with Crippen molar-refractivity contribution in [2.75, 3.05) is 29.0 Å². The summed E-state index contributed by atoms with van der Waals surface area (Å²) in [5.41, 5.74) is 9.04. The van der Waals surface area contributed by atoms with E-state index in [1.165, 1.54) is 6.07 Å². The lowest BCUT2D eigenvalue weighted by Gasteiger charge is -2.23. The third-order valence-corrected chi connectivity index (χ3v) is 7.67. The number of aromatic hydroxyl groups is 1. The number of fused-ring (bicyclic) bond motifs is 1. The molecule has 12 heteroatoms. The van der Waals surface area contributed by atoms with Crippen LogP contribution in [0, 0.1) is 6.92 Å². The van der Waals surface area contributed by atoms with Crippen LogP contribution in [-0.4, -0.2) is 43.9 Å². The standard InChI is InChI=1S/C31H28F3N7O2/c1-17-5-6-18(29(43)38-24-13-21(31(32,33)34)7-8-25(24)41-9-3-4-10-41)11-22(17)23-12-19-14-36-30(35)39-27(19)26(28(23)42)20-15-37-40(2)16-20/h5-8,11-16,42H,3-4,9-10H2,1-2H3,(H,38,43)(H2,35,36,39). The van der Waals surface area contributed by atoms with Crippen LogP contribution in [0.25, 0.3) is 33.2 Å². The van der Waals surface area contributed by atoms with E-state index in [1.807, 2.05) is 11.8 Å². The fraction of sp³-hybridized carbons (Fsp3) is 0.226. The Balaban J connectivity index is 1.43. The number of nitrogens with zero attached hydrogens (tertiary/aromatic N) is 5. The molecule has 3 heterocycles. The number of phenolic OH excluding ortho intramolecular Hbond substituents is 1. The summed E-state index contributed by atoms with van der Waals surface area (Å²) in [5.74, 6) is -0.624. The van der Waals surface area contributed by atoms with Crippen molar-refractivity contribution in [3.8, 4) is 28.0 Å². The number of hydrogen-bond donors (Lipinski definition) is 3. The number of alkyl halides is 3. The van der Waals surface area contributed by atoms with Gasteiger partial charge in [-0.05, 0) is 67.3 Å². The number of nitrogens with one attached hydrogen (secondary N) is 1. The number of nitrogens with two attached hydrogens (primary N) is 1. The molecule has 2 aromatic heterocycles. The topological polar surface area (TPSA) is 122 Å². The van der Waals surface area contributed by atoms with E-state index in [4.69, 9.17) is 5.73 Å². The number of nitrogen functional groups attached to an aromatic ring is 1. The Bertz CT molecular complexity index is 1880. The molecule has 1 saturated heterocycles. The lowest BCUT2D eigenvalue weighted by molar-refractivity contribution is -0.137. The second-order valence-electron chi connectivity index (χ2n) is 10.6. The summed E-state index contributed by atoms with van der Waals surface area (Å²) < 4.78 is 42.3. The molecule has 6 rings (SSSR count). The first kappa shape index (κ1) is 28.0. The summed E-state index contributed by atoms with van der Waals surface area (Å²) in [6.07, 6.45) is 2.17. The van der Waals surface area contributed by atoms with Crippen LogP contribution in [0.2, 0.25) is 0 Å². The molecule has 3 aromatic carbocycles. The van der Waals surface area contributed by atoms with Gasteiger partial charge in [0.25, 0.3) is 5.91 Å². The van der Waals surface area contributed by atoms with Crippen molar-refractivity contribution in [3.05, 3.63) is 77.7 Å². The van der Waals surface area contributed by atoms with Crippen molar-refractivity contribution in [1.29, 1.82) is 0 Å². The maximum atomic E-state index is 13.6. The molecule has 0 spiro atoms. The summed E-state index contributed by atoms with van der Waals surface area (Å²) in [4.78, 5) is 24.0. The van der Waals surface area contributed by atoms with Crippen LogP contribution in [-0.2, 0) is 13.2 Å². The normalized spacial score (nSPS) is 13.6. The monoisotopic (exact) mass is 587 g/mol. The highest BCUT2D eigenvalue weighted by Crippen LogP contribution is 2.44. The van der Waals surface area contributed by atoms with Gasteiger partial charge in [-0.3, -0.25) is 9.48 Å². The van der Waals surface area contributed by atoms with E-state index >= 15 is 0 Å². The Morgan fingerprint density at radius 1 is 1.05 bits per heavy atom. The first-order valence-electron chi connectivity index (χ1n) is 13.7. The van der Waals surface area contributed by atoms with Gasteiger partial charge in [-0.25, -0.2) is 9.97 Å². The average molecular weight is 588 g/mol. The highest BCUT2D eigenvalue weighted by Gasteiger charge is 2.32. The third kappa shape index (κ3) is 5.31. The van der Waals surface area contributed by atoms with Gasteiger partial charge in [-0.1, -0.05) is 6.07 Å². The quantitative estimate of drug-likeness (QED) is 0.225. The van der Waals surface area contributed by atoms with Crippen LogP contribution in [0.1, 0.15) is 34.3 Å². The fourth-order valence-corrected chi connectivity index (χ4v) is 5.50. The van der Waals surface area contributed by atoms with E-state index in [0.717, 1.165) is 30.5 Å². The van der Waals surface area contributed by atoms with Crippen molar-refractivity contribution in [3.63, 3.8) is 0 Å². The van der Waals surface area contributed by atoms with E-state index in [1.54, 1.807) is 54.6 Å². The summed E-state index contributed by atoms with van der Waals surface area (Å²) >= 11 is 0. The Morgan fingerprint density at radius 2 is 1.81 bits per heavy atom. The fourth-order valence-electron chi connectivity index (χ4n) is 5.50. The third-order valence-electron chi connectivity index (χ3n) is 7.67. The van der Waals surface area contributed by atoms with Gasteiger partial charge in [0, 0.05) is 54.6 Å². The maximum Gasteiger partial charge on any atom is 0.416 e. The smallest absolute Gasteiger partial charge is 0.416 e. The minimum atomic E-state index is -4.56. The van der Waals surface area contributed by atoms with Gasteiger partial charge in [-0.2, -0.15) is 18.3 Å². The van der Waals surface area contributed by atoms with E-state index in [-0.39, 0.29) is 22.9 Å². The van der Waals surface area contributed by atoms with Crippen LogP contribution >= 0.6 is 0 Å². The lowest BCUT2D eigenvalue weighted by Crippen LogP contribution is -2.22. The number of hydrogen-bond acceptors (Lipinski definition) is 7. The van der Waals surface area contributed by atoms with Crippen molar-refractivity contribution >= 4 is 34.1 Å². The number of phenols is 1. The second kappa shape index (κ2) is 10.6. The van der Waals surface area contributed by atoms with Crippen LogP contribution in [0.5, 0.6) is 5.75 Å². The number of halogens is 3. The lowest BCUT2D eigenvalue weighted by atomic mass is 9.92. The Hall–Kier alpha value is -5.13. The number of aryl methyl sites for hydroxylation is 2. The van der Waals surface area contributed by atoms with E-state index in [9.17, 15) is 23.1 Å². The largest absolute Gasteiger partial charge is 0.507 e. The summed E-state index contributed by atoms with van der Waals surface area (Å²) in [6, 6.07) is 10.1. The Kier molecular flexibility index (Phi) is 6.91. The second-order valence-corrected chi connectivity index (χ2v) is 10.6. The molecule has 1 fully saturated rings. The van der Waals surface area contributed by atoms with Gasteiger partial charge in [0.05, 0.1) is 34.2 Å². The van der Waals surface area contributed by atoms with Gasteiger partial charge in [0.1, 0.15) is 5.75 Å². The first-order valence-corrected chi connectivity index (χ1v) is 13.7. The van der Waals surface area contributed by atoms with Crippen molar-refractivity contribution in [2.24, 2.45) is 7.05 Å². The SMILES string of the molecule is Cc1ccc(C(=O)Nc2cc(C(F)(F)F)ccc2N2CCCC2)cc1-c1cc2cnc(N)nc2c(-c2cnn(C)c2)c1O. The molecular formula is C31H28F3N7O2. The zero-order valence-electron chi connectivity index (χ0n) is 23.4. The molecule has 9 nitrogen and oxygen atoms in total. The van der Waals surface area contributed by atoms with Crippen molar-refractivity contribution in [2.45, 2.75) is 25.9 Å². The summed E-state index contributed by atoms with van der Waals surface area (Å²) in [5, 5.41) is 19.1. The predicted molar refractivity (Wildman–Crippen MR) is 159 cm³/mol. The number of carbonyl (C=O) groups is 1. The molecule has 43 heavy (non-hydrogen) atoms. The molecule has 0 aliphatic carbocycles. The number of benzene rings is 3. The first-order chi connectivity index (χ1) is 20.5. The summed E-state index contributed by atoms with van der Waals surface area (Å²) in [7, 11) is 1.75. The Labute approximate surface area is 244 Å². The maximum absolute atomic E-state index is 13.6. The minimum Gasteiger partial charge on any atom is -0.507 e. The summed E-state index contributed by atoms with van der Waals surface area (Å²) in [6.45, 7) is 3.22. The molecule has 1 aliphatic heterocycles. The highest BCUT2D eigenvalue weighted by molar-refractivity contribution is 6.08. The molecule has 5 aromatic rings. The highest BCUT2D eigenvalue weighted by atomic mass is 19.4. The number of amides is 1. The molecule has 0 radical (unpaired) electrons. The molecular weight excluding hydrogens is 559 g/mol. The molecule has 0 atom stereocenters. The van der Waals surface area contributed by atoms with Gasteiger partial charge in [0.2, 0.25) is 5.95 Å². The zero-order valence-corrected chi connectivity index (χ0v) is 23.4. The number of carbonyl (C=O) groups excluding carboxylic acids is 1. The van der Waals surface area contributed by atoms with Gasteiger partial charge in [-0.15, -0.1) is 0 Å². The molecule has 1 amide bonds. The van der Waals surface area contributed by atoms with Crippen LogP contribution < -0.4 is 16.0 Å². The molecule has 0 bridgehead atoms. The molecule has 0 unspecified atom stereocenters. The molecule has 1 aliphatic rings. The molecule has 0 saturated carbocycles. The molecule has 4 N–H and O–H groups in total. The van der Waals surface area contributed by atoms with Crippen LogP contribution in [0.15, 0.2) is 61.1 Å². The van der Waals surface area contributed by atoms with Crippen molar-refractivity contribution < 1.29 is 23.1 Å². The predicted octanol–water partition coefficient (Wildman–Crippen LogP) is 6.16. The van der Waals surface area contributed by atoms with E-state index in [0.29, 0.717) is 51.9 Å². The van der Waals surface area contributed by atoms with E-state index < -0.39 is 17.6 Å². The average Bonchev–Trinajstić information content (AvgIpc) is 3.65. The van der Waals surface area contributed by atoms with Crippen molar-refractivity contribution in [1.82, 2.24) is 19.7 Å².